The zero-order chi connectivity index (χ0) is 11.3. The van der Waals surface area contributed by atoms with Gasteiger partial charge in [0.1, 0.15) is 5.54 Å². The Kier molecular flexibility index (Phi) is 3.88. The molecule has 0 heterocycles. The van der Waals surface area contributed by atoms with Crippen LogP contribution >= 0.6 is 0 Å². The highest BCUT2D eigenvalue weighted by atomic mass is 14.7. The molecular formula is C13H18N2. The van der Waals surface area contributed by atoms with Crippen molar-refractivity contribution in [3.8, 4) is 6.07 Å². The van der Waals surface area contributed by atoms with Crippen molar-refractivity contribution >= 4 is 0 Å². The molecule has 0 saturated heterocycles. The van der Waals surface area contributed by atoms with E-state index < -0.39 is 5.54 Å². The van der Waals surface area contributed by atoms with Crippen LogP contribution in [0.5, 0.6) is 0 Å². The molecule has 2 nitrogen and oxygen atoms in total. The first-order valence-corrected chi connectivity index (χ1v) is 5.39. The van der Waals surface area contributed by atoms with Crippen LogP contribution in [0.1, 0.15) is 37.8 Å². The van der Waals surface area contributed by atoms with E-state index in [1.54, 1.807) is 6.92 Å². The molecule has 2 N–H and O–H groups in total. The van der Waals surface area contributed by atoms with Crippen LogP contribution in [0.2, 0.25) is 0 Å². The first-order valence-electron chi connectivity index (χ1n) is 5.39. The van der Waals surface area contributed by atoms with Gasteiger partial charge >= 0.3 is 0 Å². The molecule has 1 aromatic rings. The molecule has 0 aliphatic carbocycles. The topological polar surface area (TPSA) is 49.8 Å². The Morgan fingerprint density at radius 2 is 1.93 bits per heavy atom. The van der Waals surface area contributed by atoms with E-state index in [0.717, 1.165) is 12.0 Å². The Labute approximate surface area is 91.7 Å². The number of nitriles is 1. The lowest BCUT2D eigenvalue weighted by Crippen LogP contribution is -2.30. The Balaban J connectivity index is 2.77. The van der Waals surface area contributed by atoms with E-state index in [1.165, 1.54) is 18.4 Å². The van der Waals surface area contributed by atoms with Gasteiger partial charge in [-0.15, -0.1) is 0 Å². The maximum atomic E-state index is 8.88. The first kappa shape index (κ1) is 11.7. The number of unbranched alkanes of at least 4 members (excludes halogenated alkanes) is 1. The highest BCUT2D eigenvalue weighted by molar-refractivity contribution is 5.32. The van der Waals surface area contributed by atoms with E-state index in [1.807, 2.05) is 12.1 Å². The SMILES string of the molecule is CCCCc1ccc(C(C)(N)C#N)cc1. The number of rotatable bonds is 4. The Hall–Kier alpha value is -1.33. The van der Waals surface area contributed by atoms with Crippen molar-refractivity contribution in [1.29, 1.82) is 5.26 Å². The van der Waals surface area contributed by atoms with Gasteiger partial charge < -0.3 is 5.73 Å². The van der Waals surface area contributed by atoms with E-state index in [-0.39, 0.29) is 0 Å². The van der Waals surface area contributed by atoms with E-state index in [4.69, 9.17) is 11.0 Å². The Bertz CT molecular complexity index is 344. The molecule has 80 valence electrons. The van der Waals surface area contributed by atoms with Gasteiger partial charge in [-0.3, -0.25) is 0 Å². The van der Waals surface area contributed by atoms with Crippen molar-refractivity contribution in [1.82, 2.24) is 0 Å². The molecule has 0 aliphatic heterocycles. The number of nitrogens with zero attached hydrogens (tertiary/aromatic N) is 1. The smallest absolute Gasteiger partial charge is 0.126 e. The Morgan fingerprint density at radius 3 is 2.40 bits per heavy atom. The lowest BCUT2D eigenvalue weighted by Gasteiger charge is -2.15. The van der Waals surface area contributed by atoms with E-state index in [0.29, 0.717) is 0 Å². The van der Waals surface area contributed by atoms with Gasteiger partial charge in [0.25, 0.3) is 0 Å². The van der Waals surface area contributed by atoms with E-state index in [2.05, 4.69) is 25.1 Å². The fourth-order valence-corrected chi connectivity index (χ4v) is 1.46. The quantitative estimate of drug-likeness (QED) is 0.816. The zero-order valence-electron chi connectivity index (χ0n) is 9.46. The maximum Gasteiger partial charge on any atom is 0.126 e. The molecule has 1 rings (SSSR count). The molecule has 15 heavy (non-hydrogen) atoms. The zero-order valence-corrected chi connectivity index (χ0v) is 9.46. The van der Waals surface area contributed by atoms with Crippen molar-refractivity contribution in [3.63, 3.8) is 0 Å². The molecular weight excluding hydrogens is 184 g/mol. The normalized spacial score (nSPS) is 14.3. The summed E-state index contributed by atoms with van der Waals surface area (Å²) in [5, 5.41) is 8.88. The maximum absolute atomic E-state index is 8.88. The lowest BCUT2D eigenvalue weighted by atomic mass is 9.93. The molecule has 0 fully saturated rings. The fraction of sp³-hybridized carbons (Fsp3) is 0.462. The van der Waals surface area contributed by atoms with Gasteiger partial charge in [-0.1, -0.05) is 37.6 Å². The summed E-state index contributed by atoms with van der Waals surface area (Å²) < 4.78 is 0. The summed E-state index contributed by atoms with van der Waals surface area (Å²) >= 11 is 0. The predicted molar refractivity (Wildman–Crippen MR) is 62.2 cm³/mol. The van der Waals surface area contributed by atoms with Crippen LogP contribution in [0.3, 0.4) is 0 Å². The second-order valence-corrected chi connectivity index (χ2v) is 4.11. The number of nitrogens with two attached hydrogens (primary N) is 1. The molecule has 2 heteroatoms. The van der Waals surface area contributed by atoms with Crippen LogP contribution in [0.15, 0.2) is 24.3 Å². The summed E-state index contributed by atoms with van der Waals surface area (Å²) in [7, 11) is 0. The monoisotopic (exact) mass is 202 g/mol. The number of benzene rings is 1. The van der Waals surface area contributed by atoms with Crippen LogP contribution in [-0.4, -0.2) is 0 Å². The third kappa shape index (κ3) is 3.07. The van der Waals surface area contributed by atoms with Crippen molar-refractivity contribution < 1.29 is 0 Å². The number of hydrogen-bond acceptors (Lipinski definition) is 2. The minimum Gasteiger partial charge on any atom is -0.310 e. The van der Waals surface area contributed by atoms with Crippen molar-refractivity contribution in [3.05, 3.63) is 35.4 Å². The van der Waals surface area contributed by atoms with Gasteiger partial charge in [0.15, 0.2) is 0 Å². The summed E-state index contributed by atoms with van der Waals surface area (Å²) in [6.45, 7) is 3.91. The second-order valence-electron chi connectivity index (χ2n) is 4.11. The van der Waals surface area contributed by atoms with E-state index >= 15 is 0 Å². The molecule has 0 bridgehead atoms. The Morgan fingerprint density at radius 1 is 1.33 bits per heavy atom. The summed E-state index contributed by atoms with van der Waals surface area (Å²) in [5.74, 6) is 0. The molecule has 1 aromatic carbocycles. The van der Waals surface area contributed by atoms with Gasteiger partial charge in [-0.2, -0.15) is 5.26 Å². The van der Waals surface area contributed by atoms with Crippen molar-refractivity contribution in [2.24, 2.45) is 5.73 Å². The standard InChI is InChI=1S/C13H18N2/c1-3-4-5-11-6-8-12(9-7-11)13(2,15)10-14/h6-9H,3-5,15H2,1-2H3. The number of aryl methyl sites for hydroxylation is 1. The molecule has 0 saturated carbocycles. The lowest BCUT2D eigenvalue weighted by molar-refractivity contribution is 0.646. The van der Waals surface area contributed by atoms with Gasteiger partial charge in [0, 0.05) is 0 Å². The van der Waals surface area contributed by atoms with Crippen LogP contribution in [-0.2, 0) is 12.0 Å². The molecule has 0 aromatic heterocycles. The largest absolute Gasteiger partial charge is 0.310 e. The van der Waals surface area contributed by atoms with E-state index in [9.17, 15) is 0 Å². The first-order chi connectivity index (χ1) is 7.10. The van der Waals surface area contributed by atoms with Crippen LogP contribution < -0.4 is 5.73 Å². The summed E-state index contributed by atoms with van der Waals surface area (Å²) in [5.41, 5.74) is 7.15. The van der Waals surface area contributed by atoms with Gasteiger partial charge in [-0.05, 0) is 30.9 Å². The molecule has 0 amide bonds. The molecule has 1 unspecified atom stereocenters. The third-order valence-corrected chi connectivity index (χ3v) is 2.60. The van der Waals surface area contributed by atoms with Crippen molar-refractivity contribution in [2.75, 3.05) is 0 Å². The second kappa shape index (κ2) is 4.95. The van der Waals surface area contributed by atoms with Gasteiger partial charge in [-0.25, -0.2) is 0 Å². The van der Waals surface area contributed by atoms with Crippen LogP contribution in [0.25, 0.3) is 0 Å². The fourth-order valence-electron chi connectivity index (χ4n) is 1.46. The molecule has 1 atom stereocenters. The summed E-state index contributed by atoms with van der Waals surface area (Å²) in [6.07, 6.45) is 3.51. The summed E-state index contributed by atoms with van der Waals surface area (Å²) in [6, 6.07) is 10.1. The van der Waals surface area contributed by atoms with Gasteiger partial charge in [0.05, 0.1) is 6.07 Å². The summed E-state index contributed by atoms with van der Waals surface area (Å²) in [4.78, 5) is 0. The molecule has 0 aliphatic rings. The van der Waals surface area contributed by atoms with Crippen molar-refractivity contribution in [2.45, 2.75) is 38.6 Å². The highest BCUT2D eigenvalue weighted by Gasteiger charge is 2.19. The van der Waals surface area contributed by atoms with Crippen LogP contribution in [0.4, 0.5) is 0 Å². The highest BCUT2D eigenvalue weighted by Crippen LogP contribution is 2.17. The minimum absolute atomic E-state index is 0.872. The van der Waals surface area contributed by atoms with Crippen LogP contribution in [0, 0.1) is 11.3 Å². The number of hydrogen-bond donors (Lipinski definition) is 1. The average molecular weight is 202 g/mol. The average Bonchev–Trinajstić information content (AvgIpc) is 2.27. The predicted octanol–water partition coefficient (Wildman–Crippen LogP) is 2.73. The van der Waals surface area contributed by atoms with Gasteiger partial charge in [0.2, 0.25) is 0 Å². The minimum atomic E-state index is -0.872. The molecule has 0 radical (unpaired) electrons. The molecule has 0 spiro atoms. The third-order valence-electron chi connectivity index (χ3n) is 2.60.